The van der Waals surface area contributed by atoms with Crippen molar-refractivity contribution < 1.29 is 5.11 Å². The molecule has 0 aromatic carbocycles. The van der Waals surface area contributed by atoms with Gasteiger partial charge in [0.25, 0.3) is 0 Å². The predicted molar refractivity (Wildman–Crippen MR) is 77.7 cm³/mol. The van der Waals surface area contributed by atoms with Crippen molar-refractivity contribution in [2.75, 3.05) is 18.5 Å². The van der Waals surface area contributed by atoms with Crippen molar-refractivity contribution in [2.45, 2.75) is 25.7 Å². The Kier molecular flexibility index (Phi) is 4.03. The molecule has 108 valence electrons. The molecule has 3 rings (SSSR count). The van der Waals surface area contributed by atoms with E-state index in [2.05, 4.69) is 25.5 Å². The van der Waals surface area contributed by atoms with Gasteiger partial charge in [-0.25, -0.2) is 0 Å². The first-order chi connectivity index (χ1) is 9.78. The molecule has 0 saturated heterocycles. The fourth-order valence-corrected chi connectivity index (χ4v) is 3.13. The number of aromatic amines is 1. The van der Waals surface area contributed by atoms with Crippen molar-refractivity contribution in [3.05, 3.63) is 11.5 Å². The van der Waals surface area contributed by atoms with Gasteiger partial charge < -0.3 is 10.4 Å². The Bertz CT molecular complexity index is 587. The number of fused-ring (bicyclic) bond motifs is 1. The van der Waals surface area contributed by atoms with Gasteiger partial charge in [0.15, 0.2) is 5.65 Å². The number of nitrogens with one attached hydrogen (secondary N) is 2. The van der Waals surface area contributed by atoms with Crippen molar-refractivity contribution in [1.82, 2.24) is 20.2 Å². The number of aliphatic hydroxyl groups excluding tert-OH is 1. The van der Waals surface area contributed by atoms with E-state index in [0.717, 1.165) is 24.8 Å². The molecule has 2 unspecified atom stereocenters. The SMILES string of the molecule is OCC1CCCCC1CNc1nc(Cl)nc2[nH]ncc12. The van der Waals surface area contributed by atoms with Gasteiger partial charge >= 0.3 is 0 Å². The number of halogens is 1. The smallest absolute Gasteiger partial charge is 0.226 e. The standard InChI is InChI=1S/C13H18ClN5O/c14-13-17-11(10-6-16-19-12(10)18-13)15-5-8-3-1-2-4-9(8)7-20/h6,8-9,20H,1-5,7H2,(H2,15,16,17,18,19). The van der Waals surface area contributed by atoms with Crippen LogP contribution in [0.1, 0.15) is 25.7 Å². The fourth-order valence-electron chi connectivity index (χ4n) is 2.96. The van der Waals surface area contributed by atoms with Gasteiger partial charge in [0.2, 0.25) is 5.28 Å². The molecule has 0 radical (unpaired) electrons. The molecule has 2 heterocycles. The summed E-state index contributed by atoms with van der Waals surface area (Å²) in [6.45, 7) is 1.05. The van der Waals surface area contributed by atoms with Crippen LogP contribution in [0.5, 0.6) is 0 Å². The molecule has 0 aliphatic heterocycles. The van der Waals surface area contributed by atoms with E-state index in [1.54, 1.807) is 6.20 Å². The zero-order chi connectivity index (χ0) is 13.9. The second kappa shape index (κ2) is 5.93. The van der Waals surface area contributed by atoms with Crippen LogP contribution in [-0.4, -0.2) is 38.4 Å². The second-order valence-electron chi connectivity index (χ2n) is 5.34. The van der Waals surface area contributed by atoms with E-state index >= 15 is 0 Å². The van der Waals surface area contributed by atoms with Gasteiger partial charge in [0.05, 0.1) is 11.6 Å². The monoisotopic (exact) mass is 295 g/mol. The molecule has 2 aromatic heterocycles. The summed E-state index contributed by atoms with van der Waals surface area (Å²) in [5.41, 5.74) is 0.634. The number of aromatic nitrogens is 4. The highest BCUT2D eigenvalue weighted by molar-refractivity contribution is 6.28. The molecule has 0 spiro atoms. The molecule has 6 nitrogen and oxygen atoms in total. The van der Waals surface area contributed by atoms with E-state index in [-0.39, 0.29) is 11.9 Å². The lowest BCUT2D eigenvalue weighted by Gasteiger charge is -2.30. The van der Waals surface area contributed by atoms with Gasteiger partial charge in [-0.05, 0) is 36.3 Å². The topological polar surface area (TPSA) is 86.7 Å². The number of hydrogen-bond acceptors (Lipinski definition) is 5. The highest BCUT2D eigenvalue weighted by Gasteiger charge is 2.24. The zero-order valence-corrected chi connectivity index (χ0v) is 11.9. The quantitative estimate of drug-likeness (QED) is 0.753. The van der Waals surface area contributed by atoms with E-state index < -0.39 is 0 Å². The first kappa shape index (κ1) is 13.6. The van der Waals surface area contributed by atoms with Crippen LogP contribution < -0.4 is 5.32 Å². The maximum absolute atomic E-state index is 9.45. The lowest BCUT2D eigenvalue weighted by molar-refractivity contribution is 0.141. The lowest BCUT2D eigenvalue weighted by Crippen LogP contribution is -2.28. The highest BCUT2D eigenvalue weighted by atomic mass is 35.5. The van der Waals surface area contributed by atoms with Crippen LogP contribution in [0.15, 0.2) is 6.20 Å². The number of aliphatic hydroxyl groups is 1. The average Bonchev–Trinajstić information content (AvgIpc) is 2.93. The first-order valence-electron chi connectivity index (χ1n) is 6.99. The van der Waals surface area contributed by atoms with Crippen molar-refractivity contribution in [3.63, 3.8) is 0 Å². The van der Waals surface area contributed by atoms with Gasteiger partial charge in [0.1, 0.15) is 5.82 Å². The number of nitrogens with zero attached hydrogens (tertiary/aromatic N) is 3. The summed E-state index contributed by atoms with van der Waals surface area (Å²) in [7, 11) is 0. The summed E-state index contributed by atoms with van der Waals surface area (Å²) >= 11 is 5.91. The molecule has 0 bridgehead atoms. The third-order valence-electron chi connectivity index (χ3n) is 4.12. The van der Waals surface area contributed by atoms with E-state index in [0.29, 0.717) is 23.3 Å². The van der Waals surface area contributed by atoms with Crippen LogP contribution in [0.25, 0.3) is 11.0 Å². The predicted octanol–water partition coefficient (Wildman–Crippen LogP) is 2.22. The van der Waals surface area contributed by atoms with E-state index in [4.69, 9.17) is 11.6 Å². The van der Waals surface area contributed by atoms with Gasteiger partial charge in [-0.2, -0.15) is 15.1 Å². The molecule has 1 fully saturated rings. The minimum atomic E-state index is 0.201. The summed E-state index contributed by atoms with van der Waals surface area (Å²) in [5.74, 6) is 1.56. The Labute approximate surface area is 122 Å². The van der Waals surface area contributed by atoms with Crippen molar-refractivity contribution in [3.8, 4) is 0 Å². The van der Waals surface area contributed by atoms with Crippen LogP contribution in [-0.2, 0) is 0 Å². The Balaban J connectivity index is 1.74. The van der Waals surface area contributed by atoms with Gasteiger partial charge in [0, 0.05) is 13.2 Å². The van der Waals surface area contributed by atoms with Crippen molar-refractivity contribution in [1.29, 1.82) is 0 Å². The number of rotatable bonds is 4. The Morgan fingerprint density at radius 3 is 2.90 bits per heavy atom. The van der Waals surface area contributed by atoms with Crippen LogP contribution in [0, 0.1) is 11.8 Å². The lowest BCUT2D eigenvalue weighted by atomic mass is 9.79. The molecule has 7 heteroatoms. The Hall–Kier alpha value is -1.40. The summed E-state index contributed by atoms with van der Waals surface area (Å²) in [6, 6.07) is 0. The molecule has 1 saturated carbocycles. The van der Waals surface area contributed by atoms with Crippen molar-refractivity contribution in [2.24, 2.45) is 11.8 Å². The number of H-pyrrole nitrogens is 1. The summed E-state index contributed by atoms with van der Waals surface area (Å²) in [5, 5.41) is 20.6. The third-order valence-corrected chi connectivity index (χ3v) is 4.28. The Morgan fingerprint density at radius 1 is 1.30 bits per heavy atom. The molecule has 20 heavy (non-hydrogen) atoms. The molecular weight excluding hydrogens is 278 g/mol. The third kappa shape index (κ3) is 2.71. The van der Waals surface area contributed by atoms with Crippen LogP contribution in [0.3, 0.4) is 0 Å². The zero-order valence-electron chi connectivity index (χ0n) is 11.1. The Morgan fingerprint density at radius 2 is 2.10 bits per heavy atom. The van der Waals surface area contributed by atoms with Crippen molar-refractivity contribution >= 4 is 28.5 Å². The largest absolute Gasteiger partial charge is 0.396 e. The molecule has 1 aliphatic carbocycles. The average molecular weight is 296 g/mol. The molecular formula is C13H18ClN5O. The summed E-state index contributed by atoms with van der Waals surface area (Å²) in [6.07, 6.45) is 6.39. The van der Waals surface area contributed by atoms with Gasteiger partial charge in [-0.1, -0.05) is 12.8 Å². The minimum absolute atomic E-state index is 0.201. The normalized spacial score (nSPS) is 23.1. The van der Waals surface area contributed by atoms with E-state index in [1.807, 2.05) is 0 Å². The fraction of sp³-hybridized carbons (Fsp3) is 0.615. The number of hydrogen-bond donors (Lipinski definition) is 3. The van der Waals surface area contributed by atoms with Gasteiger partial charge in [-0.15, -0.1) is 0 Å². The highest BCUT2D eigenvalue weighted by Crippen LogP contribution is 2.30. The molecule has 0 amide bonds. The molecule has 3 N–H and O–H groups in total. The molecule has 2 aromatic rings. The molecule has 1 aliphatic rings. The maximum Gasteiger partial charge on any atom is 0.226 e. The van der Waals surface area contributed by atoms with Gasteiger partial charge in [-0.3, -0.25) is 5.10 Å². The van der Waals surface area contributed by atoms with Crippen LogP contribution >= 0.6 is 11.6 Å². The number of anilines is 1. The summed E-state index contributed by atoms with van der Waals surface area (Å²) in [4.78, 5) is 8.31. The minimum Gasteiger partial charge on any atom is -0.396 e. The first-order valence-corrected chi connectivity index (χ1v) is 7.37. The molecule has 2 atom stereocenters. The van der Waals surface area contributed by atoms with Crippen LogP contribution in [0.4, 0.5) is 5.82 Å². The maximum atomic E-state index is 9.45. The summed E-state index contributed by atoms with van der Waals surface area (Å²) < 4.78 is 0. The van der Waals surface area contributed by atoms with Crippen LogP contribution in [0.2, 0.25) is 5.28 Å². The van der Waals surface area contributed by atoms with E-state index in [1.165, 1.54) is 12.8 Å². The van der Waals surface area contributed by atoms with E-state index in [9.17, 15) is 5.11 Å². The second-order valence-corrected chi connectivity index (χ2v) is 5.68.